The minimum absolute atomic E-state index is 0.0533. The largest absolute Gasteiger partial charge is 0.477 e. The molecule has 0 aliphatic carbocycles. The lowest BCUT2D eigenvalue weighted by molar-refractivity contribution is -0.887. The molecule has 0 aliphatic heterocycles. The van der Waals surface area contributed by atoms with E-state index in [0.29, 0.717) is 19.3 Å². The quantitative estimate of drug-likeness (QED) is 0.0293. The van der Waals surface area contributed by atoms with E-state index in [-0.39, 0.29) is 36.2 Å². The van der Waals surface area contributed by atoms with Crippen molar-refractivity contribution in [3.8, 4) is 0 Å². The summed E-state index contributed by atoms with van der Waals surface area (Å²) in [6.45, 7) is 4.59. The van der Waals surface area contributed by atoms with Crippen molar-refractivity contribution in [1.82, 2.24) is 0 Å². The zero-order chi connectivity index (χ0) is 38.5. The van der Waals surface area contributed by atoms with Crippen LogP contribution in [0.4, 0.5) is 0 Å². The first-order valence-corrected chi connectivity index (χ1v) is 21.0. The Kier molecular flexibility index (Phi) is 33.9. The molecule has 1 N–H and O–H groups in total. The van der Waals surface area contributed by atoms with Crippen molar-refractivity contribution in [3.63, 3.8) is 0 Å². The average Bonchev–Trinajstić information content (AvgIpc) is 3.09. The number of aliphatic carboxylic acids is 1. The lowest BCUT2D eigenvalue weighted by Crippen LogP contribution is -2.50. The maximum Gasteiger partial charge on any atom is 0.362 e. The number of hydrogen-bond donors (Lipinski definition) is 1. The zero-order valence-corrected chi connectivity index (χ0v) is 34.3. The third kappa shape index (κ3) is 33.4. The van der Waals surface area contributed by atoms with Crippen LogP contribution in [0.1, 0.15) is 174 Å². The van der Waals surface area contributed by atoms with Crippen LogP contribution in [-0.2, 0) is 28.6 Å². The Hall–Kier alpha value is -2.45. The van der Waals surface area contributed by atoms with Crippen molar-refractivity contribution in [1.29, 1.82) is 0 Å². The van der Waals surface area contributed by atoms with Crippen molar-refractivity contribution in [2.75, 3.05) is 41.0 Å². The number of quaternary nitrogens is 1. The molecular weight excluding hydrogens is 654 g/mol. The highest BCUT2D eigenvalue weighted by Crippen LogP contribution is 2.13. The number of hydrogen-bond acceptors (Lipinski definition) is 6. The van der Waals surface area contributed by atoms with Crippen LogP contribution >= 0.6 is 0 Å². The number of allylic oxidation sites excluding steroid dienone is 6. The molecule has 0 saturated heterocycles. The van der Waals surface area contributed by atoms with Gasteiger partial charge in [0.1, 0.15) is 6.61 Å². The summed E-state index contributed by atoms with van der Waals surface area (Å²) in [5.74, 6) is -1.50. The SMILES string of the molecule is CC/C=C/C/C=C/CCCCCCCC(=O)OC(COCCC(C(=O)O)[N+](C)(C)C)COC(=O)CCCCCCC/C=C/CCCCCCCCC. The van der Waals surface area contributed by atoms with Crippen molar-refractivity contribution >= 4 is 17.9 Å². The van der Waals surface area contributed by atoms with Crippen LogP contribution in [0.3, 0.4) is 0 Å². The Morgan fingerprint density at radius 1 is 0.596 bits per heavy atom. The Labute approximate surface area is 319 Å². The van der Waals surface area contributed by atoms with Gasteiger partial charge in [-0.2, -0.15) is 0 Å². The Morgan fingerprint density at radius 3 is 1.60 bits per heavy atom. The molecule has 0 heterocycles. The van der Waals surface area contributed by atoms with Gasteiger partial charge in [0.05, 0.1) is 34.4 Å². The van der Waals surface area contributed by atoms with Crippen LogP contribution in [0, 0.1) is 0 Å². The normalized spacial score (nSPS) is 13.3. The predicted molar refractivity (Wildman–Crippen MR) is 215 cm³/mol. The average molecular weight is 735 g/mol. The van der Waals surface area contributed by atoms with Crippen molar-refractivity contribution in [2.45, 2.75) is 187 Å². The van der Waals surface area contributed by atoms with E-state index < -0.39 is 18.1 Å². The molecule has 0 radical (unpaired) electrons. The fourth-order valence-electron chi connectivity index (χ4n) is 6.01. The highest BCUT2D eigenvalue weighted by molar-refractivity contribution is 5.72. The molecule has 52 heavy (non-hydrogen) atoms. The summed E-state index contributed by atoms with van der Waals surface area (Å²) in [7, 11) is 5.51. The van der Waals surface area contributed by atoms with Crippen LogP contribution < -0.4 is 0 Å². The maximum absolute atomic E-state index is 12.7. The summed E-state index contributed by atoms with van der Waals surface area (Å²) in [6.07, 6.45) is 39.0. The van der Waals surface area contributed by atoms with E-state index in [1.807, 2.05) is 21.1 Å². The van der Waals surface area contributed by atoms with Crippen molar-refractivity contribution in [2.24, 2.45) is 0 Å². The fraction of sp³-hybridized carbons (Fsp3) is 0.795. The number of ether oxygens (including phenoxy) is 3. The van der Waals surface area contributed by atoms with Crippen LogP contribution in [0.5, 0.6) is 0 Å². The van der Waals surface area contributed by atoms with E-state index in [1.165, 1.54) is 57.8 Å². The van der Waals surface area contributed by atoms with Crippen LogP contribution in [0.15, 0.2) is 36.5 Å². The smallest absolute Gasteiger partial charge is 0.362 e. The number of carbonyl (C=O) groups excluding carboxylic acids is 2. The second-order valence-corrected chi connectivity index (χ2v) is 15.2. The minimum atomic E-state index is -0.879. The molecule has 2 unspecified atom stereocenters. The second kappa shape index (κ2) is 35.6. The second-order valence-electron chi connectivity index (χ2n) is 15.2. The lowest BCUT2D eigenvalue weighted by Gasteiger charge is -2.31. The summed E-state index contributed by atoms with van der Waals surface area (Å²) in [4.78, 5) is 36.9. The first-order valence-electron chi connectivity index (χ1n) is 21.0. The summed E-state index contributed by atoms with van der Waals surface area (Å²) in [6, 6.07) is -0.617. The molecule has 8 nitrogen and oxygen atoms in total. The van der Waals surface area contributed by atoms with E-state index in [9.17, 15) is 19.5 Å². The third-order valence-electron chi connectivity index (χ3n) is 9.27. The van der Waals surface area contributed by atoms with E-state index in [4.69, 9.17) is 14.2 Å². The van der Waals surface area contributed by atoms with Gasteiger partial charge < -0.3 is 23.8 Å². The molecule has 0 aromatic rings. The van der Waals surface area contributed by atoms with Crippen molar-refractivity contribution in [3.05, 3.63) is 36.5 Å². The van der Waals surface area contributed by atoms with Crippen LogP contribution in [0.2, 0.25) is 0 Å². The van der Waals surface area contributed by atoms with Gasteiger partial charge in [-0.3, -0.25) is 9.59 Å². The Bertz CT molecular complexity index is 953. The summed E-state index contributed by atoms with van der Waals surface area (Å²) >= 11 is 0. The monoisotopic (exact) mass is 735 g/mol. The summed E-state index contributed by atoms with van der Waals surface area (Å²) in [5, 5.41) is 9.60. The van der Waals surface area contributed by atoms with Gasteiger partial charge >= 0.3 is 17.9 Å². The van der Waals surface area contributed by atoms with E-state index in [1.54, 1.807) is 0 Å². The van der Waals surface area contributed by atoms with Gasteiger partial charge in [-0.1, -0.05) is 127 Å². The Balaban J connectivity index is 4.38. The molecule has 0 aliphatic rings. The number of unbranched alkanes of at least 4 members (excludes halogenated alkanes) is 17. The molecular formula is C44H80NO7+. The number of rotatable bonds is 37. The van der Waals surface area contributed by atoms with Gasteiger partial charge in [0.25, 0.3) is 0 Å². The molecule has 0 saturated carbocycles. The molecule has 0 fully saturated rings. The molecule has 0 amide bonds. The van der Waals surface area contributed by atoms with Gasteiger partial charge in [0, 0.05) is 19.3 Å². The minimum Gasteiger partial charge on any atom is -0.477 e. The number of carbonyl (C=O) groups is 3. The fourth-order valence-corrected chi connectivity index (χ4v) is 6.01. The first kappa shape index (κ1) is 49.6. The molecule has 2 atom stereocenters. The van der Waals surface area contributed by atoms with Gasteiger partial charge in [-0.05, 0) is 64.2 Å². The lowest BCUT2D eigenvalue weighted by atomic mass is 10.1. The van der Waals surface area contributed by atoms with Gasteiger partial charge in [0.15, 0.2) is 12.1 Å². The van der Waals surface area contributed by atoms with Crippen molar-refractivity contribution < 1.29 is 38.2 Å². The van der Waals surface area contributed by atoms with Crippen LogP contribution in [-0.4, -0.2) is 80.6 Å². The van der Waals surface area contributed by atoms with Crippen LogP contribution in [0.25, 0.3) is 0 Å². The number of carboxylic acids is 1. The molecule has 0 spiro atoms. The van der Waals surface area contributed by atoms with E-state index >= 15 is 0 Å². The topological polar surface area (TPSA) is 99.1 Å². The summed E-state index contributed by atoms with van der Waals surface area (Å²) < 4.78 is 17.2. The molecule has 0 bridgehead atoms. The standard InChI is InChI=1S/C44H79NO7/c1-6-8-10-12-14-16-18-20-21-22-23-25-26-28-30-32-34-42(46)51-39-40(38-50-37-36-41(44(48)49)45(3,4)5)52-43(47)35-33-31-29-27-24-19-17-15-13-11-9-7-2/h9,11,15,17,21-22,40-41H,6-8,10,12-14,16,18-20,23-39H2,1-5H3/p+1/b11-9+,17-15+,22-21+. The predicted octanol–water partition coefficient (Wildman–Crippen LogP) is 11.1. The number of carboxylic acid groups (broad SMARTS) is 1. The number of likely N-dealkylation sites (N-methyl/N-ethyl adjacent to an activating group) is 1. The molecule has 0 rings (SSSR count). The highest BCUT2D eigenvalue weighted by Gasteiger charge is 2.31. The highest BCUT2D eigenvalue weighted by atomic mass is 16.6. The Morgan fingerprint density at radius 2 is 1.08 bits per heavy atom. The first-order chi connectivity index (χ1) is 25.1. The van der Waals surface area contributed by atoms with Gasteiger partial charge in [-0.25, -0.2) is 4.79 Å². The number of nitrogens with zero attached hydrogens (tertiary/aromatic N) is 1. The zero-order valence-electron chi connectivity index (χ0n) is 34.3. The molecule has 302 valence electrons. The molecule has 0 aromatic carbocycles. The van der Waals surface area contributed by atoms with Gasteiger partial charge in [-0.15, -0.1) is 0 Å². The summed E-state index contributed by atoms with van der Waals surface area (Å²) in [5.41, 5.74) is 0. The van der Waals surface area contributed by atoms with Gasteiger partial charge in [0.2, 0.25) is 0 Å². The van der Waals surface area contributed by atoms with E-state index in [2.05, 4.69) is 50.3 Å². The molecule has 0 aromatic heterocycles. The maximum atomic E-state index is 12.7. The third-order valence-corrected chi connectivity index (χ3v) is 9.27. The molecule has 8 heteroatoms. The van der Waals surface area contributed by atoms with E-state index in [0.717, 1.165) is 83.5 Å². The number of esters is 2.